The van der Waals surface area contributed by atoms with E-state index >= 15 is 0 Å². The number of carbonyl (C=O) groups is 1. The Labute approximate surface area is 219 Å². The highest BCUT2D eigenvalue weighted by atomic mass is 16.7. The highest BCUT2D eigenvalue weighted by molar-refractivity contribution is 5.85. The van der Waals surface area contributed by atoms with Gasteiger partial charge in [0.15, 0.2) is 12.6 Å². The van der Waals surface area contributed by atoms with E-state index in [9.17, 15) is 20.1 Å². The molecule has 0 aromatic carbocycles. The van der Waals surface area contributed by atoms with E-state index in [0.29, 0.717) is 24.9 Å². The Morgan fingerprint density at radius 2 is 1.81 bits per heavy atom. The Hall–Kier alpha value is -1.03. The van der Waals surface area contributed by atoms with Gasteiger partial charge in [0.2, 0.25) is 0 Å². The van der Waals surface area contributed by atoms with Crippen molar-refractivity contribution in [1.29, 1.82) is 0 Å². The number of hydrogen-bond acceptors (Lipinski definition) is 8. The molecular weight excluding hydrogens is 476 g/mol. The first kappa shape index (κ1) is 26.2. The molecule has 0 aromatic heterocycles. The lowest BCUT2D eigenvalue weighted by Crippen LogP contribution is -2.62. The number of fused-ring (bicyclic) bond motifs is 5. The zero-order valence-corrected chi connectivity index (χ0v) is 22.4. The lowest BCUT2D eigenvalue weighted by molar-refractivity contribution is -0.321. The fourth-order valence-corrected chi connectivity index (χ4v) is 9.84. The molecule has 2 heterocycles. The molecule has 5 fully saturated rings. The van der Waals surface area contributed by atoms with Crippen molar-refractivity contribution in [2.24, 2.45) is 34.5 Å². The normalized spacial score (nSPS) is 53.6. The number of esters is 1. The number of carbonyl (C=O) groups excluding carboxylic acids is 1. The number of ether oxygens (including phenoxy) is 4. The zero-order valence-electron chi connectivity index (χ0n) is 22.4. The fraction of sp³-hybridized carbons (Fsp3) is 0.897. The lowest BCUT2D eigenvalue weighted by atomic mass is 9.43. The van der Waals surface area contributed by atoms with Crippen molar-refractivity contribution >= 4 is 5.97 Å². The van der Waals surface area contributed by atoms with Crippen LogP contribution in [0, 0.1) is 34.5 Å². The summed E-state index contributed by atoms with van der Waals surface area (Å²) in [4.78, 5) is 11.8. The molecule has 4 aliphatic carbocycles. The Morgan fingerprint density at radius 3 is 2.54 bits per heavy atom. The topological polar surface area (TPSA) is 115 Å². The van der Waals surface area contributed by atoms with E-state index in [1.165, 1.54) is 7.11 Å². The van der Waals surface area contributed by atoms with Crippen LogP contribution in [0.1, 0.15) is 78.1 Å². The standard InChI is InChI=1S/C29H44O8/c1-27-9-6-18(36-24-14-22(34-3)25(31)26(32)37-24)13-17(27)4-5-21-20(27)7-10-28(2)19(8-11-29(21,28)33)16-12-23(30)35-15-16/h12,17-22,24-26,31-33H,4-11,13-15H2,1-3H3/t17-,18+,19-,20+,21-,22+,24-,25-,26-,27+,28-,29+/m1/s1. The predicted molar refractivity (Wildman–Crippen MR) is 133 cm³/mol. The van der Waals surface area contributed by atoms with E-state index in [0.717, 1.165) is 63.4 Å². The first-order valence-electron chi connectivity index (χ1n) is 14.4. The first-order valence-corrected chi connectivity index (χ1v) is 14.4. The molecule has 0 amide bonds. The minimum Gasteiger partial charge on any atom is -0.458 e. The van der Waals surface area contributed by atoms with Gasteiger partial charge in [-0.25, -0.2) is 4.79 Å². The summed E-state index contributed by atoms with van der Waals surface area (Å²) in [6.45, 7) is 5.11. The van der Waals surface area contributed by atoms with Crippen LogP contribution in [-0.2, 0) is 23.7 Å². The Kier molecular flexibility index (Phi) is 6.57. The Balaban J connectivity index is 1.15. The Bertz CT molecular complexity index is 937. The molecule has 208 valence electrons. The van der Waals surface area contributed by atoms with Crippen LogP contribution in [0.5, 0.6) is 0 Å². The number of aliphatic hydroxyl groups is 3. The highest BCUT2D eigenvalue weighted by Gasteiger charge is 2.67. The zero-order chi connectivity index (χ0) is 26.2. The molecule has 0 radical (unpaired) electrons. The Morgan fingerprint density at radius 1 is 1.00 bits per heavy atom. The van der Waals surface area contributed by atoms with Crippen molar-refractivity contribution in [1.82, 2.24) is 0 Å². The number of hydrogen-bond donors (Lipinski definition) is 3. The van der Waals surface area contributed by atoms with Gasteiger partial charge in [-0.05, 0) is 92.4 Å². The molecule has 6 rings (SSSR count). The molecule has 0 spiro atoms. The maximum atomic E-state index is 12.4. The average Bonchev–Trinajstić information content (AvgIpc) is 3.41. The molecule has 0 aromatic rings. The molecule has 1 saturated heterocycles. The van der Waals surface area contributed by atoms with E-state index < -0.39 is 30.4 Å². The molecule has 4 saturated carbocycles. The summed E-state index contributed by atoms with van der Waals surface area (Å²) in [5.74, 6) is 1.28. The lowest BCUT2D eigenvalue weighted by Gasteiger charge is -2.63. The minimum atomic E-state index is -1.30. The second kappa shape index (κ2) is 9.27. The van der Waals surface area contributed by atoms with Gasteiger partial charge in [0, 0.05) is 25.0 Å². The van der Waals surface area contributed by atoms with Gasteiger partial charge in [-0.3, -0.25) is 0 Å². The van der Waals surface area contributed by atoms with Crippen LogP contribution in [-0.4, -0.2) is 71.5 Å². The summed E-state index contributed by atoms with van der Waals surface area (Å²) in [6, 6.07) is 0. The van der Waals surface area contributed by atoms with Gasteiger partial charge in [0.05, 0.1) is 17.8 Å². The maximum absolute atomic E-state index is 12.4. The number of aliphatic hydroxyl groups excluding tert-OH is 2. The number of cyclic esters (lactones) is 1. The van der Waals surface area contributed by atoms with Crippen LogP contribution in [0.2, 0.25) is 0 Å². The van der Waals surface area contributed by atoms with Gasteiger partial charge in [0.25, 0.3) is 0 Å². The molecule has 0 bridgehead atoms. The molecule has 8 heteroatoms. The average molecular weight is 521 g/mol. The third kappa shape index (κ3) is 3.96. The van der Waals surface area contributed by atoms with E-state index in [4.69, 9.17) is 18.9 Å². The molecule has 3 N–H and O–H groups in total. The third-order valence-corrected chi connectivity index (χ3v) is 12.0. The summed E-state index contributed by atoms with van der Waals surface area (Å²) < 4.78 is 22.5. The van der Waals surface area contributed by atoms with Crippen molar-refractivity contribution in [2.45, 2.75) is 115 Å². The van der Waals surface area contributed by atoms with Crippen LogP contribution < -0.4 is 0 Å². The van der Waals surface area contributed by atoms with Crippen LogP contribution in [0.25, 0.3) is 0 Å². The van der Waals surface area contributed by atoms with Gasteiger partial charge < -0.3 is 34.3 Å². The van der Waals surface area contributed by atoms with E-state index in [2.05, 4.69) is 13.8 Å². The molecule has 0 unspecified atom stereocenters. The second-order valence-electron chi connectivity index (χ2n) is 13.3. The smallest absolute Gasteiger partial charge is 0.331 e. The summed E-state index contributed by atoms with van der Waals surface area (Å²) >= 11 is 0. The summed E-state index contributed by atoms with van der Waals surface area (Å²) in [7, 11) is 1.53. The quantitative estimate of drug-likeness (QED) is 0.383. The maximum Gasteiger partial charge on any atom is 0.331 e. The minimum absolute atomic E-state index is 0.0548. The fourth-order valence-electron chi connectivity index (χ4n) is 9.84. The summed E-state index contributed by atoms with van der Waals surface area (Å²) in [5.41, 5.74) is 0.343. The van der Waals surface area contributed by atoms with Crippen molar-refractivity contribution in [3.05, 3.63) is 11.6 Å². The van der Waals surface area contributed by atoms with Gasteiger partial charge in [0.1, 0.15) is 12.7 Å². The second-order valence-corrected chi connectivity index (χ2v) is 13.3. The van der Waals surface area contributed by atoms with Gasteiger partial charge in [-0.1, -0.05) is 13.8 Å². The molecule has 6 aliphatic rings. The number of rotatable bonds is 4. The number of methoxy groups -OCH3 is 1. The first-order chi connectivity index (χ1) is 17.6. The van der Waals surface area contributed by atoms with Crippen molar-refractivity contribution in [3.8, 4) is 0 Å². The molecule has 2 aliphatic heterocycles. The predicted octanol–water partition coefficient (Wildman–Crippen LogP) is 3.07. The van der Waals surface area contributed by atoms with E-state index in [1.54, 1.807) is 6.08 Å². The summed E-state index contributed by atoms with van der Waals surface area (Å²) in [6.07, 6.45) is 7.57. The molecule has 8 nitrogen and oxygen atoms in total. The monoisotopic (exact) mass is 520 g/mol. The van der Waals surface area contributed by atoms with Crippen LogP contribution in [0.4, 0.5) is 0 Å². The van der Waals surface area contributed by atoms with Gasteiger partial charge in [-0.2, -0.15) is 0 Å². The molecule has 37 heavy (non-hydrogen) atoms. The van der Waals surface area contributed by atoms with Crippen LogP contribution in [0.15, 0.2) is 11.6 Å². The molecule has 12 atom stereocenters. The van der Waals surface area contributed by atoms with Crippen LogP contribution >= 0.6 is 0 Å². The third-order valence-electron chi connectivity index (χ3n) is 12.0. The SMILES string of the molecule is CO[C@H]1C[C@H](O[C@H]2CC[C@@]3(C)[C@H](CC[C@@H]4[C@@H]3CC[C@]3(C)[C@@H](C5=CC(=O)OC5)CC[C@]43O)C2)O[C@@H](O)[C@@H]1O. The van der Waals surface area contributed by atoms with Gasteiger partial charge >= 0.3 is 5.97 Å². The van der Waals surface area contributed by atoms with Crippen molar-refractivity contribution in [3.63, 3.8) is 0 Å². The molecular formula is C29H44O8. The van der Waals surface area contributed by atoms with Gasteiger partial charge in [-0.15, -0.1) is 0 Å². The highest BCUT2D eigenvalue weighted by Crippen LogP contribution is 2.70. The largest absolute Gasteiger partial charge is 0.458 e. The van der Waals surface area contributed by atoms with Crippen molar-refractivity contribution in [2.75, 3.05) is 13.7 Å². The van der Waals surface area contributed by atoms with E-state index in [-0.39, 0.29) is 34.7 Å². The van der Waals surface area contributed by atoms with Crippen molar-refractivity contribution < 1.29 is 39.1 Å². The van der Waals surface area contributed by atoms with Crippen LogP contribution in [0.3, 0.4) is 0 Å². The van der Waals surface area contributed by atoms with E-state index in [1.807, 2.05) is 0 Å². The summed E-state index contributed by atoms with van der Waals surface area (Å²) in [5, 5.41) is 32.5.